The molecular formula is C21H28FN4OS+. The number of phenolic OH excluding ortho intramolecular Hbond substituents is 1. The normalized spacial score (nSPS) is 11.5. The number of halogens is 1. The van der Waals surface area contributed by atoms with Gasteiger partial charge in [-0.05, 0) is 74.4 Å². The van der Waals surface area contributed by atoms with Crippen LogP contribution in [0.1, 0.15) is 37.5 Å². The molecule has 0 bridgehead atoms. The molecule has 0 aliphatic heterocycles. The highest BCUT2D eigenvalue weighted by atomic mass is 32.1. The fourth-order valence-corrected chi connectivity index (χ4v) is 2.86. The van der Waals surface area contributed by atoms with Crippen LogP contribution < -0.4 is 15.6 Å². The third-order valence-electron chi connectivity index (χ3n) is 4.63. The van der Waals surface area contributed by atoms with Crippen LogP contribution in [0.15, 0.2) is 47.6 Å². The number of aromatic hydroxyl groups is 1. The van der Waals surface area contributed by atoms with E-state index in [0.29, 0.717) is 17.4 Å². The molecule has 0 atom stereocenters. The Balaban J connectivity index is 1.96. The molecule has 150 valence electrons. The van der Waals surface area contributed by atoms with E-state index in [1.807, 2.05) is 19.1 Å². The van der Waals surface area contributed by atoms with Crippen LogP contribution in [0.2, 0.25) is 0 Å². The smallest absolute Gasteiger partial charge is 0.187 e. The lowest BCUT2D eigenvalue weighted by Crippen LogP contribution is -3.10. The van der Waals surface area contributed by atoms with E-state index < -0.39 is 0 Å². The fraction of sp³-hybridized carbons (Fsp3) is 0.333. The van der Waals surface area contributed by atoms with E-state index in [0.717, 1.165) is 42.0 Å². The van der Waals surface area contributed by atoms with Gasteiger partial charge in [-0.2, -0.15) is 5.10 Å². The van der Waals surface area contributed by atoms with Gasteiger partial charge in [0.25, 0.3) is 0 Å². The molecule has 0 saturated heterocycles. The highest BCUT2D eigenvalue weighted by Gasteiger charge is 2.11. The summed E-state index contributed by atoms with van der Waals surface area (Å²) < 4.78 is 12.9. The summed E-state index contributed by atoms with van der Waals surface area (Å²) in [6.45, 7) is 9.41. The average molecular weight is 404 g/mol. The number of thiocarbonyl (C=S) groups is 1. The second kappa shape index (κ2) is 10.7. The van der Waals surface area contributed by atoms with Crippen LogP contribution in [0.3, 0.4) is 0 Å². The van der Waals surface area contributed by atoms with Crippen LogP contribution in [0.4, 0.5) is 4.39 Å². The first-order valence-corrected chi connectivity index (χ1v) is 9.82. The molecule has 0 aliphatic carbocycles. The van der Waals surface area contributed by atoms with Crippen molar-refractivity contribution in [1.29, 1.82) is 0 Å². The average Bonchev–Trinajstić information content (AvgIpc) is 2.71. The molecule has 5 nitrogen and oxygen atoms in total. The van der Waals surface area contributed by atoms with E-state index >= 15 is 0 Å². The third-order valence-corrected chi connectivity index (χ3v) is 4.86. The van der Waals surface area contributed by atoms with Crippen molar-refractivity contribution in [3.8, 4) is 5.75 Å². The molecular weight excluding hydrogens is 375 g/mol. The maximum absolute atomic E-state index is 12.9. The molecule has 2 rings (SSSR count). The maximum Gasteiger partial charge on any atom is 0.187 e. The van der Waals surface area contributed by atoms with Gasteiger partial charge in [-0.1, -0.05) is 12.1 Å². The van der Waals surface area contributed by atoms with Crippen LogP contribution in [0, 0.1) is 5.82 Å². The Morgan fingerprint density at radius 2 is 1.82 bits per heavy atom. The van der Waals surface area contributed by atoms with Gasteiger partial charge in [0, 0.05) is 12.1 Å². The zero-order valence-corrected chi connectivity index (χ0v) is 17.4. The van der Waals surface area contributed by atoms with E-state index in [1.54, 1.807) is 18.2 Å². The predicted molar refractivity (Wildman–Crippen MR) is 115 cm³/mol. The SMILES string of the molecule is CC[NH+](CC)Cc1cc(/C(C)=N/NC(=S)NCc2ccc(F)cc2)ccc1O. The lowest BCUT2D eigenvalue weighted by molar-refractivity contribution is -0.910. The van der Waals surface area contributed by atoms with E-state index in [1.165, 1.54) is 17.0 Å². The topological polar surface area (TPSA) is 61.1 Å². The van der Waals surface area contributed by atoms with Crippen LogP contribution >= 0.6 is 12.2 Å². The lowest BCUT2D eigenvalue weighted by atomic mass is 10.1. The molecule has 2 aromatic carbocycles. The van der Waals surface area contributed by atoms with Gasteiger partial charge in [-0.3, -0.25) is 5.43 Å². The summed E-state index contributed by atoms with van der Waals surface area (Å²) in [5.74, 6) is 0.0425. The van der Waals surface area contributed by atoms with Crippen LogP contribution in [0.25, 0.3) is 0 Å². The molecule has 7 heteroatoms. The number of benzene rings is 2. The van der Waals surface area contributed by atoms with Crippen LogP contribution in [-0.4, -0.2) is 29.0 Å². The van der Waals surface area contributed by atoms with E-state index in [-0.39, 0.29) is 5.82 Å². The van der Waals surface area contributed by atoms with Crippen molar-refractivity contribution >= 4 is 23.0 Å². The molecule has 0 radical (unpaired) electrons. The molecule has 0 amide bonds. The van der Waals surface area contributed by atoms with Gasteiger partial charge in [0.15, 0.2) is 5.11 Å². The number of hydrogen-bond acceptors (Lipinski definition) is 3. The van der Waals surface area contributed by atoms with E-state index in [4.69, 9.17) is 12.2 Å². The summed E-state index contributed by atoms with van der Waals surface area (Å²) in [5.41, 5.74) is 6.35. The summed E-state index contributed by atoms with van der Waals surface area (Å²) in [4.78, 5) is 1.39. The first kappa shape index (κ1) is 21.8. The van der Waals surface area contributed by atoms with Crippen molar-refractivity contribution in [2.45, 2.75) is 33.9 Å². The summed E-state index contributed by atoms with van der Waals surface area (Å²) in [6.07, 6.45) is 0. The Morgan fingerprint density at radius 1 is 1.14 bits per heavy atom. The summed E-state index contributed by atoms with van der Waals surface area (Å²) in [5, 5.41) is 17.9. The quantitative estimate of drug-likeness (QED) is 0.310. The number of quaternary nitrogens is 1. The summed E-state index contributed by atoms with van der Waals surface area (Å²) in [6, 6.07) is 11.8. The second-order valence-electron chi connectivity index (χ2n) is 6.60. The maximum atomic E-state index is 12.9. The molecule has 0 unspecified atom stereocenters. The first-order chi connectivity index (χ1) is 13.4. The van der Waals surface area contributed by atoms with Gasteiger partial charge in [-0.25, -0.2) is 4.39 Å². The number of nitrogens with zero attached hydrogens (tertiary/aromatic N) is 1. The number of nitrogens with one attached hydrogen (secondary N) is 3. The Morgan fingerprint density at radius 3 is 2.46 bits per heavy atom. The highest BCUT2D eigenvalue weighted by molar-refractivity contribution is 7.80. The molecule has 0 heterocycles. The first-order valence-electron chi connectivity index (χ1n) is 9.41. The number of hydrazone groups is 1. The number of phenols is 1. The molecule has 28 heavy (non-hydrogen) atoms. The minimum atomic E-state index is -0.263. The standard InChI is InChI=1S/C21H27FN4OS/c1-4-26(5-2)14-18-12-17(8-11-20(18)27)15(3)24-25-21(28)23-13-16-6-9-19(22)10-7-16/h6-12,27H,4-5,13-14H2,1-3H3,(H2,23,25,28)/p+1/b24-15+. The Hall–Kier alpha value is -2.51. The van der Waals surface area contributed by atoms with Crippen molar-refractivity contribution in [2.75, 3.05) is 13.1 Å². The predicted octanol–water partition coefficient (Wildman–Crippen LogP) is 2.34. The molecule has 2 aromatic rings. The fourth-order valence-electron chi connectivity index (χ4n) is 2.74. The molecule has 0 saturated carbocycles. The largest absolute Gasteiger partial charge is 0.507 e. The monoisotopic (exact) mass is 403 g/mol. The molecule has 0 aromatic heterocycles. The molecule has 0 aliphatic rings. The summed E-state index contributed by atoms with van der Waals surface area (Å²) >= 11 is 5.24. The van der Waals surface area contributed by atoms with Gasteiger partial charge >= 0.3 is 0 Å². The zero-order chi connectivity index (χ0) is 20.5. The zero-order valence-electron chi connectivity index (χ0n) is 16.6. The molecule has 0 spiro atoms. The third kappa shape index (κ3) is 6.58. The van der Waals surface area contributed by atoms with E-state index in [2.05, 4.69) is 29.7 Å². The van der Waals surface area contributed by atoms with Gasteiger partial charge in [0.1, 0.15) is 18.1 Å². The van der Waals surface area contributed by atoms with Crippen molar-refractivity contribution < 1.29 is 14.4 Å². The van der Waals surface area contributed by atoms with Crippen molar-refractivity contribution in [3.63, 3.8) is 0 Å². The minimum Gasteiger partial charge on any atom is -0.507 e. The summed E-state index contributed by atoms with van der Waals surface area (Å²) in [7, 11) is 0. The Labute approximate surface area is 171 Å². The van der Waals surface area contributed by atoms with Crippen LogP contribution in [0.5, 0.6) is 5.75 Å². The lowest BCUT2D eigenvalue weighted by Gasteiger charge is -2.16. The number of hydrogen-bond donors (Lipinski definition) is 4. The van der Waals surface area contributed by atoms with E-state index in [9.17, 15) is 9.50 Å². The Bertz CT molecular complexity index is 820. The number of rotatable bonds is 8. The Kier molecular flexibility index (Phi) is 8.35. The van der Waals surface area contributed by atoms with Gasteiger partial charge in [-0.15, -0.1) is 0 Å². The van der Waals surface area contributed by atoms with Gasteiger partial charge < -0.3 is 15.3 Å². The minimum absolute atomic E-state index is 0.263. The molecule has 4 N–H and O–H groups in total. The molecule has 0 fully saturated rings. The van der Waals surface area contributed by atoms with Gasteiger partial charge in [0.2, 0.25) is 0 Å². The van der Waals surface area contributed by atoms with Crippen molar-refractivity contribution in [2.24, 2.45) is 5.10 Å². The van der Waals surface area contributed by atoms with Gasteiger partial charge in [0.05, 0.1) is 18.8 Å². The second-order valence-corrected chi connectivity index (χ2v) is 7.00. The van der Waals surface area contributed by atoms with Crippen molar-refractivity contribution in [1.82, 2.24) is 10.7 Å². The van der Waals surface area contributed by atoms with Crippen LogP contribution in [-0.2, 0) is 13.1 Å². The van der Waals surface area contributed by atoms with Crippen molar-refractivity contribution in [3.05, 3.63) is 65.0 Å². The highest BCUT2D eigenvalue weighted by Crippen LogP contribution is 2.18.